The topological polar surface area (TPSA) is 99.0 Å². The quantitative estimate of drug-likeness (QED) is 0.454. The third-order valence-electron chi connectivity index (χ3n) is 2.02. The SMILES string of the molecule is Nc1ccc(N)c2c1N(O)C=CN2O. The van der Waals surface area contributed by atoms with Crippen LogP contribution in [0.4, 0.5) is 22.7 Å². The molecule has 74 valence electrons. The van der Waals surface area contributed by atoms with E-state index in [1.807, 2.05) is 0 Å². The molecule has 1 aliphatic rings. The molecular weight excluding hydrogens is 184 g/mol. The van der Waals surface area contributed by atoms with Crippen molar-refractivity contribution >= 4 is 22.7 Å². The standard InChI is InChI=1S/C8H10N4O2/c9-5-1-2-6(10)8-7(5)11(13)3-4-12(8)14/h1-4,13-14H,9-10H2. The molecule has 0 aromatic heterocycles. The first-order valence-corrected chi connectivity index (χ1v) is 3.93. The first-order valence-electron chi connectivity index (χ1n) is 3.93. The van der Waals surface area contributed by atoms with Gasteiger partial charge < -0.3 is 11.5 Å². The lowest BCUT2D eigenvalue weighted by Gasteiger charge is -2.27. The van der Waals surface area contributed by atoms with Gasteiger partial charge in [0.1, 0.15) is 11.4 Å². The van der Waals surface area contributed by atoms with Crippen LogP contribution >= 0.6 is 0 Å². The third-order valence-corrected chi connectivity index (χ3v) is 2.02. The number of hydrogen-bond donors (Lipinski definition) is 4. The van der Waals surface area contributed by atoms with Crippen LogP contribution in [0, 0.1) is 0 Å². The molecule has 6 N–H and O–H groups in total. The Balaban J connectivity index is 2.69. The zero-order chi connectivity index (χ0) is 10.3. The number of hydroxylamine groups is 2. The lowest BCUT2D eigenvalue weighted by Crippen LogP contribution is -2.24. The highest BCUT2D eigenvalue weighted by Gasteiger charge is 2.21. The zero-order valence-corrected chi connectivity index (χ0v) is 7.25. The molecule has 1 heterocycles. The van der Waals surface area contributed by atoms with Crippen molar-refractivity contribution in [2.45, 2.75) is 0 Å². The first kappa shape index (κ1) is 8.67. The maximum absolute atomic E-state index is 9.46. The molecule has 1 aliphatic heterocycles. The average molecular weight is 194 g/mol. The minimum Gasteiger partial charge on any atom is -0.397 e. The van der Waals surface area contributed by atoms with Crippen LogP contribution in [0.2, 0.25) is 0 Å². The minimum atomic E-state index is 0.273. The van der Waals surface area contributed by atoms with Gasteiger partial charge in [-0.05, 0) is 12.1 Å². The largest absolute Gasteiger partial charge is 0.397 e. The Bertz CT molecular complexity index is 368. The van der Waals surface area contributed by atoms with Gasteiger partial charge in [-0.15, -0.1) is 0 Å². The number of hydrogen-bond acceptors (Lipinski definition) is 6. The minimum absolute atomic E-state index is 0.273. The van der Waals surface area contributed by atoms with Gasteiger partial charge >= 0.3 is 0 Å². The fourth-order valence-corrected chi connectivity index (χ4v) is 1.37. The lowest BCUT2D eigenvalue weighted by atomic mass is 10.2. The van der Waals surface area contributed by atoms with E-state index in [2.05, 4.69) is 0 Å². The highest BCUT2D eigenvalue weighted by atomic mass is 16.5. The van der Waals surface area contributed by atoms with Crippen molar-refractivity contribution in [3.8, 4) is 0 Å². The predicted molar refractivity (Wildman–Crippen MR) is 52.9 cm³/mol. The van der Waals surface area contributed by atoms with E-state index in [1.54, 1.807) is 12.1 Å². The summed E-state index contributed by atoms with van der Waals surface area (Å²) >= 11 is 0. The van der Waals surface area contributed by atoms with Gasteiger partial charge in [0.05, 0.1) is 23.8 Å². The highest BCUT2D eigenvalue weighted by molar-refractivity contribution is 5.91. The van der Waals surface area contributed by atoms with E-state index < -0.39 is 0 Å². The van der Waals surface area contributed by atoms with Crippen LogP contribution in [0.5, 0.6) is 0 Å². The number of nitrogens with two attached hydrogens (primary N) is 2. The normalized spacial score (nSPS) is 14.4. The Morgan fingerprint density at radius 2 is 1.21 bits per heavy atom. The lowest BCUT2D eigenvalue weighted by molar-refractivity contribution is 0.267. The second-order valence-electron chi connectivity index (χ2n) is 2.93. The molecule has 0 bridgehead atoms. The molecule has 1 aromatic carbocycles. The van der Waals surface area contributed by atoms with Gasteiger partial charge in [0.15, 0.2) is 0 Å². The van der Waals surface area contributed by atoms with Crippen LogP contribution in [0.1, 0.15) is 0 Å². The molecule has 0 saturated heterocycles. The van der Waals surface area contributed by atoms with Crippen molar-refractivity contribution < 1.29 is 10.4 Å². The molecular formula is C8H10N4O2. The number of rotatable bonds is 0. The number of anilines is 4. The third kappa shape index (κ3) is 1.05. The molecule has 0 saturated carbocycles. The molecule has 0 amide bonds. The summed E-state index contributed by atoms with van der Waals surface area (Å²) in [6, 6.07) is 3.12. The molecule has 6 heteroatoms. The van der Waals surface area contributed by atoms with E-state index >= 15 is 0 Å². The van der Waals surface area contributed by atoms with Crippen molar-refractivity contribution in [1.82, 2.24) is 0 Å². The van der Waals surface area contributed by atoms with E-state index in [0.717, 1.165) is 10.1 Å². The summed E-state index contributed by atoms with van der Waals surface area (Å²) < 4.78 is 0. The second kappa shape index (κ2) is 2.79. The van der Waals surface area contributed by atoms with Gasteiger partial charge in [0.2, 0.25) is 0 Å². The van der Waals surface area contributed by atoms with Crippen LogP contribution in [-0.4, -0.2) is 10.4 Å². The van der Waals surface area contributed by atoms with Crippen molar-refractivity contribution in [2.24, 2.45) is 0 Å². The van der Waals surface area contributed by atoms with E-state index in [0.29, 0.717) is 11.4 Å². The summed E-state index contributed by atoms with van der Waals surface area (Å²) in [4.78, 5) is 0. The molecule has 1 aromatic rings. The fourth-order valence-electron chi connectivity index (χ4n) is 1.37. The highest BCUT2D eigenvalue weighted by Crippen LogP contribution is 2.40. The van der Waals surface area contributed by atoms with Gasteiger partial charge in [-0.3, -0.25) is 10.4 Å². The fraction of sp³-hybridized carbons (Fsp3) is 0. The summed E-state index contributed by atoms with van der Waals surface area (Å²) in [5.74, 6) is 0. The number of nitrogen functional groups attached to an aromatic ring is 2. The van der Waals surface area contributed by atoms with Crippen molar-refractivity contribution in [1.29, 1.82) is 0 Å². The Hall–Kier alpha value is -1.92. The number of fused-ring (bicyclic) bond motifs is 1. The van der Waals surface area contributed by atoms with E-state index in [-0.39, 0.29) is 11.4 Å². The summed E-state index contributed by atoms with van der Waals surface area (Å²) in [6.07, 6.45) is 2.52. The van der Waals surface area contributed by atoms with Crippen LogP contribution in [0.3, 0.4) is 0 Å². The van der Waals surface area contributed by atoms with Gasteiger partial charge in [-0.25, -0.2) is 10.1 Å². The molecule has 0 aliphatic carbocycles. The van der Waals surface area contributed by atoms with Crippen LogP contribution in [0.15, 0.2) is 24.5 Å². The molecule has 0 fully saturated rings. The monoisotopic (exact) mass is 194 g/mol. The summed E-state index contributed by atoms with van der Waals surface area (Å²) in [6.45, 7) is 0. The van der Waals surface area contributed by atoms with Crippen LogP contribution < -0.4 is 21.6 Å². The second-order valence-corrected chi connectivity index (χ2v) is 2.93. The summed E-state index contributed by atoms with van der Waals surface area (Å²) in [5.41, 5.74) is 12.5. The van der Waals surface area contributed by atoms with Gasteiger partial charge in [-0.2, -0.15) is 0 Å². The van der Waals surface area contributed by atoms with E-state index in [4.69, 9.17) is 11.5 Å². The first-order chi connectivity index (χ1) is 6.61. The maximum Gasteiger partial charge on any atom is 0.120 e. The van der Waals surface area contributed by atoms with Gasteiger partial charge in [0.25, 0.3) is 0 Å². The molecule has 0 spiro atoms. The molecule has 0 radical (unpaired) electrons. The Morgan fingerprint density at radius 1 is 0.857 bits per heavy atom. The van der Waals surface area contributed by atoms with Crippen molar-refractivity contribution in [3.05, 3.63) is 24.5 Å². The summed E-state index contributed by atoms with van der Waals surface area (Å²) in [5, 5.41) is 20.5. The molecule has 0 unspecified atom stereocenters. The number of benzene rings is 1. The van der Waals surface area contributed by atoms with Crippen LogP contribution in [-0.2, 0) is 0 Å². The Morgan fingerprint density at radius 3 is 1.57 bits per heavy atom. The predicted octanol–water partition coefficient (Wildman–Crippen LogP) is 0.727. The van der Waals surface area contributed by atoms with Crippen molar-refractivity contribution in [2.75, 3.05) is 21.6 Å². The van der Waals surface area contributed by atoms with Crippen molar-refractivity contribution in [3.63, 3.8) is 0 Å². The maximum atomic E-state index is 9.46. The molecule has 14 heavy (non-hydrogen) atoms. The molecule has 6 nitrogen and oxygen atoms in total. The van der Waals surface area contributed by atoms with E-state index in [1.165, 1.54) is 12.4 Å². The average Bonchev–Trinajstić information content (AvgIpc) is 2.16. The smallest absolute Gasteiger partial charge is 0.120 e. The van der Waals surface area contributed by atoms with Gasteiger partial charge in [-0.1, -0.05) is 0 Å². The molecule has 2 rings (SSSR count). The van der Waals surface area contributed by atoms with E-state index in [9.17, 15) is 10.4 Å². The zero-order valence-electron chi connectivity index (χ0n) is 7.25. The molecule has 0 atom stereocenters. The number of nitrogens with zero attached hydrogens (tertiary/aromatic N) is 2. The Labute approximate surface area is 80.2 Å². The van der Waals surface area contributed by atoms with Crippen LogP contribution in [0.25, 0.3) is 0 Å². The Kier molecular flexibility index (Phi) is 1.73. The van der Waals surface area contributed by atoms with Gasteiger partial charge in [0, 0.05) is 0 Å². The summed E-state index contributed by atoms with van der Waals surface area (Å²) in [7, 11) is 0.